The summed E-state index contributed by atoms with van der Waals surface area (Å²) >= 11 is 0. The van der Waals surface area contributed by atoms with Gasteiger partial charge in [-0.1, -0.05) is 18.2 Å². The summed E-state index contributed by atoms with van der Waals surface area (Å²) in [5, 5.41) is 1.53. The van der Waals surface area contributed by atoms with Crippen LogP contribution in [0.1, 0.15) is 0 Å². The highest BCUT2D eigenvalue weighted by atomic mass is 16.5. The van der Waals surface area contributed by atoms with Crippen LogP contribution >= 0.6 is 0 Å². The maximum atomic E-state index is 12.3. The third kappa shape index (κ3) is 2.44. The van der Waals surface area contributed by atoms with Crippen molar-refractivity contribution in [2.75, 3.05) is 26.1 Å². The number of aromatic amines is 1. The van der Waals surface area contributed by atoms with E-state index in [0.29, 0.717) is 5.39 Å². The molecule has 0 spiro atoms. The van der Waals surface area contributed by atoms with Crippen molar-refractivity contribution in [3.8, 4) is 17.0 Å². The summed E-state index contributed by atoms with van der Waals surface area (Å²) in [7, 11) is 5.60. The minimum Gasteiger partial charge on any atom is -0.497 e. The van der Waals surface area contributed by atoms with E-state index in [9.17, 15) is 4.79 Å². The Balaban J connectivity index is 2.26. The molecule has 112 valence electrons. The maximum Gasteiger partial charge on any atom is 0.256 e. The van der Waals surface area contributed by atoms with Crippen molar-refractivity contribution in [3.05, 3.63) is 58.9 Å². The molecule has 0 aliphatic heterocycles. The molecule has 0 unspecified atom stereocenters. The number of nitrogens with one attached hydrogen (secondary N) is 1. The number of nitrogens with zero attached hydrogens (tertiary/aromatic N) is 1. The van der Waals surface area contributed by atoms with Crippen molar-refractivity contribution in [1.82, 2.24) is 4.98 Å². The molecule has 3 aromatic rings. The van der Waals surface area contributed by atoms with E-state index in [2.05, 4.69) is 4.98 Å². The van der Waals surface area contributed by atoms with Crippen LogP contribution < -0.4 is 15.2 Å². The topological polar surface area (TPSA) is 45.3 Å². The monoisotopic (exact) mass is 294 g/mol. The normalized spacial score (nSPS) is 10.7. The highest BCUT2D eigenvalue weighted by Gasteiger charge is 2.10. The Morgan fingerprint density at radius 3 is 2.55 bits per heavy atom. The van der Waals surface area contributed by atoms with E-state index in [1.54, 1.807) is 19.2 Å². The number of H-pyrrole nitrogens is 1. The molecule has 0 fully saturated rings. The van der Waals surface area contributed by atoms with Crippen molar-refractivity contribution >= 4 is 16.5 Å². The number of para-hydroxylation sites is 1. The van der Waals surface area contributed by atoms with Gasteiger partial charge in [0.15, 0.2) is 0 Å². The Morgan fingerprint density at radius 2 is 1.82 bits per heavy atom. The molecule has 0 bridgehead atoms. The summed E-state index contributed by atoms with van der Waals surface area (Å²) < 4.78 is 5.25. The Hall–Kier alpha value is -2.75. The molecule has 3 rings (SSSR count). The minimum absolute atomic E-state index is 0.0938. The molecule has 4 nitrogen and oxygen atoms in total. The zero-order chi connectivity index (χ0) is 15.7. The quantitative estimate of drug-likeness (QED) is 0.806. The van der Waals surface area contributed by atoms with Gasteiger partial charge in [-0.05, 0) is 35.7 Å². The predicted molar refractivity (Wildman–Crippen MR) is 90.9 cm³/mol. The number of methoxy groups -OCH3 is 1. The van der Waals surface area contributed by atoms with Gasteiger partial charge in [-0.2, -0.15) is 0 Å². The van der Waals surface area contributed by atoms with Crippen LogP contribution in [0.15, 0.2) is 53.3 Å². The second-order valence-corrected chi connectivity index (χ2v) is 5.38. The number of rotatable bonds is 3. The smallest absolute Gasteiger partial charge is 0.256 e. The fraction of sp³-hybridized carbons (Fsp3) is 0.167. The largest absolute Gasteiger partial charge is 0.497 e. The van der Waals surface area contributed by atoms with Crippen LogP contribution in [0.4, 0.5) is 5.69 Å². The van der Waals surface area contributed by atoms with E-state index in [4.69, 9.17) is 4.74 Å². The molecule has 0 saturated carbocycles. The first-order valence-corrected chi connectivity index (χ1v) is 7.08. The Bertz CT molecular complexity index is 882. The van der Waals surface area contributed by atoms with Crippen molar-refractivity contribution in [3.63, 3.8) is 0 Å². The molecule has 0 aliphatic rings. The first-order chi connectivity index (χ1) is 10.6. The Kier molecular flexibility index (Phi) is 3.59. The molecule has 0 radical (unpaired) electrons. The van der Waals surface area contributed by atoms with Gasteiger partial charge in [0, 0.05) is 30.7 Å². The van der Waals surface area contributed by atoms with Crippen LogP contribution in [0.2, 0.25) is 0 Å². The zero-order valence-corrected chi connectivity index (χ0v) is 12.9. The number of aromatic nitrogens is 1. The van der Waals surface area contributed by atoms with E-state index in [-0.39, 0.29) is 5.56 Å². The number of pyridine rings is 1. The molecule has 0 amide bonds. The SMILES string of the molecule is COc1ccc2c(=O)[nH]c(-c3ccccc3N(C)C)cc2c1. The van der Waals surface area contributed by atoms with Crippen molar-refractivity contribution in [2.45, 2.75) is 0 Å². The summed E-state index contributed by atoms with van der Waals surface area (Å²) in [6, 6.07) is 15.4. The maximum absolute atomic E-state index is 12.3. The van der Waals surface area contributed by atoms with E-state index >= 15 is 0 Å². The molecule has 1 heterocycles. The average Bonchev–Trinajstić information content (AvgIpc) is 2.54. The molecule has 2 aromatic carbocycles. The Morgan fingerprint density at radius 1 is 1.05 bits per heavy atom. The second kappa shape index (κ2) is 5.56. The number of hydrogen-bond acceptors (Lipinski definition) is 3. The summed E-state index contributed by atoms with van der Waals surface area (Å²) in [5.74, 6) is 0.741. The van der Waals surface area contributed by atoms with Crippen LogP contribution in [0.25, 0.3) is 22.0 Å². The Labute approximate surface area is 129 Å². The predicted octanol–water partition coefficient (Wildman–Crippen LogP) is 3.27. The summed E-state index contributed by atoms with van der Waals surface area (Å²) in [5.41, 5.74) is 2.76. The van der Waals surface area contributed by atoms with Gasteiger partial charge >= 0.3 is 0 Å². The van der Waals surface area contributed by atoms with Gasteiger partial charge in [0.25, 0.3) is 5.56 Å². The van der Waals surface area contributed by atoms with Crippen LogP contribution in [-0.4, -0.2) is 26.2 Å². The van der Waals surface area contributed by atoms with Crippen molar-refractivity contribution in [2.24, 2.45) is 0 Å². The van der Waals surface area contributed by atoms with E-state index in [0.717, 1.165) is 28.1 Å². The molecule has 0 aliphatic carbocycles. The number of ether oxygens (including phenoxy) is 1. The van der Waals surface area contributed by atoms with Gasteiger partial charge in [-0.25, -0.2) is 0 Å². The van der Waals surface area contributed by atoms with Gasteiger partial charge in [0.1, 0.15) is 5.75 Å². The lowest BCUT2D eigenvalue weighted by molar-refractivity contribution is 0.415. The van der Waals surface area contributed by atoms with Crippen LogP contribution in [0, 0.1) is 0 Å². The number of benzene rings is 2. The highest BCUT2D eigenvalue weighted by molar-refractivity contribution is 5.88. The molecular weight excluding hydrogens is 276 g/mol. The average molecular weight is 294 g/mol. The van der Waals surface area contributed by atoms with Gasteiger partial charge in [0.2, 0.25) is 0 Å². The standard InChI is InChI=1S/C18H18N2O2/c1-20(2)17-7-5-4-6-15(17)16-11-12-10-13(22-3)8-9-14(12)18(21)19-16/h4-11H,1-3H3,(H,19,21). The summed E-state index contributed by atoms with van der Waals surface area (Å²) in [6.07, 6.45) is 0. The molecule has 22 heavy (non-hydrogen) atoms. The molecule has 1 N–H and O–H groups in total. The van der Waals surface area contributed by atoms with Crippen molar-refractivity contribution in [1.29, 1.82) is 0 Å². The molecule has 4 heteroatoms. The van der Waals surface area contributed by atoms with E-state index in [1.807, 2.05) is 55.4 Å². The van der Waals surface area contributed by atoms with E-state index in [1.165, 1.54) is 0 Å². The fourth-order valence-electron chi connectivity index (χ4n) is 2.61. The lowest BCUT2D eigenvalue weighted by Gasteiger charge is -2.17. The molecule has 1 aromatic heterocycles. The number of hydrogen-bond donors (Lipinski definition) is 1. The molecular formula is C18H18N2O2. The lowest BCUT2D eigenvalue weighted by atomic mass is 10.0. The number of fused-ring (bicyclic) bond motifs is 1. The summed E-state index contributed by atoms with van der Waals surface area (Å²) in [4.78, 5) is 17.4. The first kappa shape index (κ1) is 14.2. The number of anilines is 1. The van der Waals surface area contributed by atoms with Crippen LogP contribution in [-0.2, 0) is 0 Å². The third-order valence-corrected chi connectivity index (χ3v) is 3.73. The second-order valence-electron chi connectivity index (χ2n) is 5.38. The molecule has 0 atom stereocenters. The zero-order valence-electron chi connectivity index (χ0n) is 12.9. The first-order valence-electron chi connectivity index (χ1n) is 7.08. The van der Waals surface area contributed by atoms with Crippen molar-refractivity contribution < 1.29 is 4.74 Å². The minimum atomic E-state index is -0.0938. The van der Waals surface area contributed by atoms with Gasteiger partial charge in [0.05, 0.1) is 12.8 Å². The van der Waals surface area contributed by atoms with E-state index < -0.39 is 0 Å². The van der Waals surface area contributed by atoms with Crippen LogP contribution in [0.5, 0.6) is 5.75 Å². The molecule has 0 saturated heterocycles. The van der Waals surface area contributed by atoms with Gasteiger partial charge in [-0.3, -0.25) is 4.79 Å². The van der Waals surface area contributed by atoms with Crippen LogP contribution in [0.3, 0.4) is 0 Å². The summed E-state index contributed by atoms with van der Waals surface area (Å²) in [6.45, 7) is 0. The highest BCUT2D eigenvalue weighted by Crippen LogP contribution is 2.29. The third-order valence-electron chi connectivity index (χ3n) is 3.73. The van der Waals surface area contributed by atoms with Gasteiger partial charge < -0.3 is 14.6 Å². The lowest BCUT2D eigenvalue weighted by Crippen LogP contribution is -2.12. The van der Waals surface area contributed by atoms with Gasteiger partial charge in [-0.15, -0.1) is 0 Å². The fourth-order valence-corrected chi connectivity index (χ4v) is 2.61.